The topological polar surface area (TPSA) is 56.1 Å². The summed E-state index contributed by atoms with van der Waals surface area (Å²) in [6.45, 7) is 3.35. The Bertz CT molecular complexity index is 801. The number of rotatable bonds is 4. The first-order chi connectivity index (χ1) is 12.2. The third kappa shape index (κ3) is 3.74. The van der Waals surface area contributed by atoms with E-state index in [1.54, 1.807) is 11.8 Å². The van der Waals surface area contributed by atoms with Crippen LogP contribution in [0, 0.1) is 17.2 Å². The summed E-state index contributed by atoms with van der Waals surface area (Å²) in [6.07, 6.45) is 2.40. The minimum Gasteiger partial charge on any atom is -0.348 e. The predicted octanol–water partition coefficient (Wildman–Crippen LogP) is 3.59. The van der Waals surface area contributed by atoms with Gasteiger partial charge >= 0.3 is 0 Å². The quantitative estimate of drug-likeness (QED) is 0.895. The monoisotopic (exact) mass is 369 g/mol. The van der Waals surface area contributed by atoms with Gasteiger partial charge in [0.15, 0.2) is 0 Å². The molecule has 0 unspecified atom stereocenters. The first kappa shape index (κ1) is 16.6. The Morgan fingerprint density at radius 2 is 1.96 bits per heavy atom. The van der Waals surface area contributed by atoms with Crippen LogP contribution in [0.25, 0.3) is 0 Å². The van der Waals surface area contributed by atoms with E-state index in [0.29, 0.717) is 17.5 Å². The van der Waals surface area contributed by atoms with E-state index in [9.17, 15) is 4.79 Å². The molecule has 4 heterocycles. The van der Waals surface area contributed by atoms with Crippen LogP contribution in [0.1, 0.15) is 28.1 Å². The molecule has 0 aliphatic carbocycles. The molecule has 1 atom stereocenters. The third-order valence-corrected chi connectivity index (χ3v) is 7.13. The van der Waals surface area contributed by atoms with Gasteiger partial charge in [0.1, 0.15) is 10.9 Å². The Hall–Kier alpha value is -1.81. The Labute approximate surface area is 155 Å². The molecule has 3 fully saturated rings. The van der Waals surface area contributed by atoms with Crippen molar-refractivity contribution in [2.45, 2.75) is 28.0 Å². The van der Waals surface area contributed by atoms with Gasteiger partial charge in [-0.15, -0.1) is 11.3 Å². The average Bonchev–Trinajstić information content (AvgIpc) is 3.11. The fraction of sp³-hybridized carbons (Fsp3) is 0.368. The Kier molecular flexibility index (Phi) is 4.80. The minimum absolute atomic E-state index is 0.0261. The largest absolute Gasteiger partial charge is 0.348 e. The number of fused-ring (bicyclic) bond motifs is 3. The number of nitrogens with one attached hydrogen (secondary N) is 1. The van der Waals surface area contributed by atoms with E-state index < -0.39 is 0 Å². The molecule has 3 aliphatic rings. The number of nitriles is 1. The van der Waals surface area contributed by atoms with Gasteiger partial charge in [0.2, 0.25) is 0 Å². The summed E-state index contributed by atoms with van der Waals surface area (Å²) in [4.78, 5) is 16.8. The van der Waals surface area contributed by atoms with Crippen molar-refractivity contribution in [2.75, 3.05) is 19.6 Å². The molecule has 2 aromatic rings. The summed E-state index contributed by atoms with van der Waals surface area (Å²) in [7, 11) is 0. The van der Waals surface area contributed by atoms with Crippen LogP contribution in [0.3, 0.4) is 0 Å². The fourth-order valence-corrected chi connectivity index (χ4v) is 5.51. The number of carbonyl (C=O) groups is 1. The lowest BCUT2D eigenvalue weighted by atomic mass is 9.84. The lowest BCUT2D eigenvalue weighted by molar-refractivity contribution is 0.0620. The maximum Gasteiger partial charge on any atom is 0.251 e. The summed E-state index contributed by atoms with van der Waals surface area (Å²) in [5.74, 6) is 0.662. The standard InChI is InChI=1S/C19H19N3OS2/c20-11-16-5-6-18(25-16)24-15-3-1-14(2-4-15)19(23)21-17-12-22-9-7-13(17)8-10-22/h1-6,13,17H,7-10,12H2,(H,21,23)/t17-/m0/s1. The zero-order chi connectivity index (χ0) is 17.2. The number of hydrogen-bond acceptors (Lipinski definition) is 5. The maximum atomic E-state index is 12.5. The van der Waals surface area contributed by atoms with E-state index in [2.05, 4.69) is 16.3 Å². The Balaban J connectivity index is 1.38. The lowest BCUT2D eigenvalue weighted by Crippen LogP contribution is -2.57. The number of amides is 1. The van der Waals surface area contributed by atoms with Crippen molar-refractivity contribution in [1.29, 1.82) is 5.26 Å². The van der Waals surface area contributed by atoms with Gasteiger partial charge in [-0.25, -0.2) is 0 Å². The molecule has 25 heavy (non-hydrogen) atoms. The van der Waals surface area contributed by atoms with Crippen molar-refractivity contribution in [1.82, 2.24) is 10.2 Å². The van der Waals surface area contributed by atoms with Crippen molar-refractivity contribution in [3.05, 3.63) is 46.8 Å². The number of hydrogen-bond donors (Lipinski definition) is 1. The third-order valence-electron chi connectivity index (χ3n) is 5.00. The first-order valence-electron chi connectivity index (χ1n) is 8.52. The normalized spacial score (nSPS) is 24.7. The second kappa shape index (κ2) is 7.20. The number of piperidine rings is 3. The zero-order valence-electron chi connectivity index (χ0n) is 13.8. The molecule has 5 rings (SSSR count). The molecule has 3 saturated heterocycles. The molecule has 1 aromatic heterocycles. The summed E-state index contributed by atoms with van der Waals surface area (Å²) < 4.78 is 1.08. The molecule has 128 valence electrons. The molecule has 0 saturated carbocycles. The molecular weight excluding hydrogens is 350 g/mol. The van der Waals surface area contributed by atoms with Gasteiger partial charge in [-0.2, -0.15) is 5.26 Å². The van der Waals surface area contributed by atoms with Crippen LogP contribution in [0.2, 0.25) is 0 Å². The molecule has 1 amide bonds. The van der Waals surface area contributed by atoms with E-state index in [0.717, 1.165) is 20.5 Å². The van der Waals surface area contributed by atoms with Gasteiger partial charge in [-0.3, -0.25) is 4.79 Å². The highest BCUT2D eigenvalue weighted by Crippen LogP contribution is 2.33. The van der Waals surface area contributed by atoms with Crippen LogP contribution in [0.15, 0.2) is 45.5 Å². The lowest BCUT2D eigenvalue weighted by Gasteiger charge is -2.44. The smallest absolute Gasteiger partial charge is 0.251 e. The summed E-state index contributed by atoms with van der Waals surface area (Å²) in [5, 5.41) is 12.1. The fourth-order valence-electron chi connectivity index (χ4n) is 3.61. The van der Waals surface area contributed by atoms with Crippen molar-refractivity contribution in [3.63, 3.8) is 0 Å². The van der Waals surface area contributed by atoms with Gasteiger partial charge in [-0.1, -0.05) is 11.8 Å². The molecular formula is C19H19N3OS2. The van der Waals surface area contributed by atoms with E-state index in [1.165, 1.54) is 37.3 Å². The summed E-state index contributed by atoms with van der Waals surface area (Å²) in [5.41, 5.74) is 0.713. The van der Waals surface area contributed by atoms with Crippen molar-refractivity contribution in [2.24, 2.45) is 5.92 Å². The highest BCUT2D eigenvalue weighted by atomic mass is 32.2. The first-order valence-corrected chi connectivity index (χ1v) is 10.2. The van der Waals surface area contributed by atoms with Crippen molar-refractivity contribution in [3.8, 4) is 6.07 Å². The summed E-state index contributed by atoms with van der Waals surface area (Å²) in [6, 6.07) is 14.0. The number of carbonyl (C=O) groups excluding carboxylic acids is 1. The van der Waals surface area contributed by atoms with Crippen LogP contribution >= 0.6 is 23.1 Å². The average molecular weight is 370 g/mol. The van der Waals surface area contributed by atoms with E-state index in [4.69, 9.17) is 5.26 Å². The molecule has 0 radical (unpaired) electrons. The highest BCUT2D eigenvalue weighted by molar-refractivity contribution is 8.01. The van der Waals surface area contributed by atoms with E-state index in [-0.39, 0.29) is 5.91 Å². The van der Waals surface area contributed by atoms with Crippen molar-refractivity contribution < 1.29 is 4.79 Å². The van der Waals surface area contributed by atoms with Gasteiger partial charge in [0, 0.05) is 23.0 Å². The van der Waals surface area contributed by atoms with Crippen LogP contribution in [-0.2, 0) is 0 Å². The number of benzene rings is 1. The molecule has 2 bridgehead atoms. The maximum absolute atomic E-state index is 12.5. The zero-order valence-corrected chi connectivity index (χ0v) is 15.4. The van der Waals surface area contributed by atoms with Gasteiger partial charge < -0.3 is 10.2 Å². The number of thiophene rings is 1. The molecule has 0 spiro atoms. The minimum atomic E-state index is 0.0261. The molecule has 4 nitrogen and oxygen atoms in total. The van der Waals surface area contributed by atoms with Crippen LogP contribution in [0.4, 0.5) is 0 Å². The van der Waals surface area contributed by atoms with Gasteiger partial charge in [0.25, 0.3) is 5.91 Å². The van der Waals surface area contributed by atoms with Crippen LogP contribution < -0.4 is 5.32 Å². The number of nitrogens with zero attached hydrogens (tertiary/aromatic N) is 2. The molecule has 1 aromatic carbocycles. The van der Waals surface area contributed by atoms with E-state index in [1.807, 2.05) is 36.4 Å². The second-order valence-corrected chi connectivity index (χ2v) is 9.03. The molecule has 1 N–H and O–H groups in total. The summed E-state index contributed by atoms with van der Waals surface area (Å²) >= 11 is 3.10. The Morgan fingerprint density at radius 3 is 2.56 bits per heavy atom. The van der Waals surface area contributed by atoms with Crippen LogP contribution in [0.5, 0.6) is 0 Å². The molecule has 3 aliphatic heterocycles. The predicted molar refractivity (Wildman–Crippen MR) is 100 cm³/mol. The van der Waals surface area contributed by atoms with Crippen LogP contribution in [-0.4, -0.2) is 36.5 Å². The SMILES string of the molecule is N#Cc1ccc(Sc2ccc(C(=O)N[C@H]3CN4CCC3CC4)cc2)s1. The van der Waals surface area contributed by atoms with Crippen molar-refractivity contribution >= 4 is 29.0 Å². The van der Waals surface area contributed by atoms with E-state index >= 15 is 0 Å². The second-order valence-electron chi connectivity index (χ2n) is 6.57. The van der Waals surface area contributed by atoms with Gasteiger partial charge in [-0.05, 0) is 68.2 Å². The van der Waals surface area contributed by atoms with Gasteiger partial charge in [0.05, 0.1) is 4.21 Å². The highest BCUT2D eigenvalue weighted by Gasteiger charge is 2.34. The molecule has 6 heteroatoms. The Morgan fingerprint density at radius 1 is 1.20 bits per heavy atom.